The summed E-state index contributed by atoms with van der Waals surface area (Å²) in [4.78, 5) is 24.6. The van der Waals surface area contributed by atoms with Crippen molar-refractivity contribution in [3.8, 4) is 6.07 Å². The number of hydrogen-bond donors (Lipinski definition) is 0. The summed E-state index contributed by atoms with van der Waals surface area (Å²) in [6.07, 6.45) is 2.49. The molecule has 1 unspecified atom stereocenters. The van der Waals surface area contributed by atoms with Crippen LogP contribution in [0.4, 0.5) is 0 Å². The topological polar surface area (TPSA) is 92.1 Å². The van der Waals surface area contributed by atoms with Crippen LogP contribution in [0.25, 0.3) is 0 Å². The molecular formula is C15H14BrNO4S. The Hall–Kier alpha value is -1.52. The molecule has 22 heavy (non-hydrogen) atoms. The van der Waals surface area contributed by atoms with Crippen LogP contribution < -0.4 is 0 Å². The molecular weight excluding hydrogens is 370 g/mol. The van der Waals surface area contributed by atoms with Crippen molar-refractivity contribution in [1.29, 1.82) is 5.26 Å². The lowest BCUT2D eigenvalue weighted by Gasteiger charge is -2.11. The second-order valence-electron chi connectivity index (χ2n) is 5.47. The summed E-state index contributed by atoms with van der Waals surface area (Å²) in [6, 6.07) is 6.35. The molecule has 7 heteroatoms. The molecule has 0 N–H and O–H groups in total. The molecule has 0 bridgehead atoms. The van der Waals surface area contributed by atoms with Crippen molar-refractivity contribution in [2.24, 2.45) is 11.8 Å². The van der Waals surface area contributed by atoms with E-state index in [9.17, 15) is 18.0 Å². The largest absolute Gasteiger partial charge is 0.297 e. The first-order valence-corrected chi connectivity index (χ1v) is 9.52. The third-order valence-corrected chi connectivity index (χ3v) is 4.73. The van der Waals surface area contributed by atoms with Crippen LogP contribution >= 0.6 is 15.9 Å². The summed E-state index contributed by atoms with van der Waals surface area (Å²) >= 11 is 3.23. The van der Waals surface area contributed by atoms with E-state index in [0.717, 1.165) is 6.26 Å². The SMILES string of the molecule is CS(=O)(=O)Cc1cc(Br)ccc1C(=O)C(C#N)C(=O)C1CC1. The van der Waals surface area contributed by atoms with Crippen LogP contribution in [0.15, 0.2) is 22.7 Å². The smallest absolute Gasteiger partial charge is 0.187 e. The van der Waals surface area contributed by atoms with E-state index in [1.807, 2.05) is 0 Å². The number of benzene rings is 1. The number of halogens is 1. The Balaban J connectivity index is 2.40. The van der Waals surface area contributed by atoms with Gasteiger partial charge in [-0.25, -0.2) is 8.42 Å². The van der Waals surface area contributed by atoms with Gasteiger partial charge in [0, 0.05) is 22.2 Å². The number of Topliss-reactive ketones (excluding diaryl/α,β-unsaturated/α-hetero) is 2. The van der Waals surface area contributed by atoms with E-state index >= 15 is 0 Å². The molecule has 0 heterocycles. The van der Waals surface area contributed by atoms with E-state index in [1.165, 1.54) is 12.1 Å². The van der Waals surface area contributed by atoms with Crippen molar-refractivity contribution in [3.63, 3.8) is 0 Å². The minimum absolute atomic E-state index is 0.120. The van der Waals surface area contributed by atoms with Crippen LogP contribution in [0.2, 0.25) is 0 Å². The number of nitrogens with zero attached hydrogens (tertiary/aromatic N) is 1. The van der Waals surface area contributed by atoms with Crippen molar-refractivity contribution in [3.05, 3.63) is 33.8 Å². The fourth-order valence-corrected chi connectivity index (χ4v) is 3.43. The van der Waals surface area contributed by atoms with Gasteiger partial charge in [0.25, 0.3) is 0 Å². The Morgan fingerprint density at radius 1 is 1.41 bits per heavy atom. The van der Waals surface area contributed by atoms with E-state index in [2.05, 4.69) is 15.9 Å². The minimum Gasteiger partial charge on any atom is -0.297 e. The van der Waals surface area contributed by atoms with Crippen molar-refractivity contribution in [1.82, 2.24) is 0 Å². The van der Waals surface area contributed by atoms with E-state index in [-0.39, 0.29) is 23.0 Å². The second kappa shape index (κ2) is 6.31. The quantitative estimate of drug-likeness (QED) is 0.554. The molecule has 0 spiro atoms. The molecule has 1 fully saturated rings. The number of rotatable bonds is 6. The lowest BCUT2D eigenvalue weighted by molar-refractivity contribution is -0.121. The lowest BCUT2D eigenvalue weighted by atomic mass is 9.90. The van der Waals surface area contributed by atoms with Crippen molar-refractivity contribution in [2.45, 2.75) is 18.6 Å². The molecule has 116 valence electrons. The van der Waals surface area contributed by atoms with Gasteiger partial charge < -0.3 is 0 Å². The second-order valence-corrected chi connectivity index (χ2v) is 8.53. The molecule has 1 aromatic carbocycles. The van der Waals surface area contributed by atoms with Crippen molar-refractivity contribution >= 4 is 37.3 Å². The first kappa shape index (κ1) is 16.8. The number of ketones is 2. The molecule has 0 aliphatic heterocycles. The molecule has 0 saturated heterocycles. The Labute approximate surface area is 137 Å². The van der Waals surface area contributed by atoms with Gasteiger partial charge in [0.1, 0.15) is 0 Å². The normalized spacial score (nSPS) is 15.9. The fraction of sp³-hybridized carbons (Fsp3) is 0.400. The van der Waals surface area contributed by atoms with Crippen LogP contribution in [0.5, 0.6) is 0 Å². The Bertz CT molecular complexity index is 775. The number of carbonyl (C=O) groups excluding carboxylic acids is 2. The Kier molecular flexibility index (Phi) is 4.83. The molecule has 1 aliphatic carbocycles. The lowest BCUT2D eigenvalue weighted by Crippen LogP contribution is -2.25. The van der Waals surface area contributed by atoms with Crippen molar-refractivity contribution in [2.75, 3.05) is 6.26 Å². The van der Waals surface area contributed by atoms with Gasteiger partial charge >= 0.3 is 0 Å². The van der Waals surface area contributed by atoms with Gasteiger partial charge in [-0.3, -0.25) is 9.59 Å². The maximum atomic E-state index is 12.5. The maximum absolute atomic E-state index is 12.5. The number of carbonyl (C=O) groups is 2. The zero-order chi connectivity index (χ0) is 16.5. The zero-order valence-electron chi connectivity index (χ0n) is 11.9. The average molecular weight is 384 g/mol. The summed E-state index contributed by atoms with van der Waals surface area (Å²) in [6.45, 7) is 0. The standard InChI is InChI=1S/C15H14BrNO4S/c1-22(20,21)8-10-6-11(16)4-5-12(10)15(19)13(7-17)14(18)9-2-3-9/h4-6,9,13H,2-3,8H2,1H3. The molecule has 1 atom stereocenters. The number of sulfone groups is 1. The first-order chi connectivity index (χ1) is 10.2. The zero-order valence-corrected chi connectivity index (χ0v) is 14.3. The summed E-state index contributed by atoms with van der Waals surface area (Å²) < 4.78 is 23.7. The van der Waals surface area contributed by atoms with Gasteiger partial charge in [-0.2, -0.15) is 5.26 Å². The highest BCUT2D eigenvalue weighted by Gasteiger charge is 2.39. The van der Waals surface area contributed by atoms with Crippen LogP contribution in [0, 0.1) is 23.2 Å². The van der Waals surface area contributed by atoms with Gasteiger partial charge in [-0.1, -0.05) is 15.9 Å². The maximum Gasteiger partial charge on any atom is 0.187 e. The predicted octanol–water partition coefficient (Wildman–Crippen LogP) is 2.30. The Morgan fingerprint density at radius 3 is 2.55 bits per heavy atom. The average Bonchev–Trinajstić information content (AvgIpc) is 3.21. The highest BCUT2D eigenvalue weighted by molar-refractivity contribution is 9.10. The minimum atomic E-state index is -3.35. The highest BCUT2D eigenvalue weighted by atomic mass is 79.9. The molecule has 5 nitrogen and oxygen atoms in total. The van der Waals surface area contributed by atoms with E-state index in [1.54, 1.807) is 12.1 Å². The summed E-state index contributed by atoms with van der Waals surface area (Å²) in [5, 5.41) is 9.16. The molecule has 0 amide bonds. The summed E-state index contributed by atoms with van der Waals surface area (Å²) in [5.41, 5.74) is 0.417. The third kappa shape index (κ3) is 4.02. The summed E-state index contributed by atoms with van der Waals surface area (Å²) in [7, 11) is -3.35. The molecule has 0 aromatic heterocycles. The van der Waals surface area contributed by atoms with E-state index in [4.69, 9.17) is 5.26 Å². The third-order valence-electron chi connectivity index (χ3n) is 3.41. The van der Waals surface area contributed by atoms with Crippen LogP contribution in [0.3, 0.4) is 0 Å². The predicted molar refractivity (Wildman–Crippen MR) is 83.9 cm³/mol. The molecule has 0 radical (unpaired) electrons. The summed E-state index contributed by atoms with van der Waals surface area (Å²) in [5.74, 6) is -2.86. The highest BCUT2D eigenvalue weighted by Crippen LogP contribution is 2.33. The number of nitriles is 1. The van der Waals surface area contributed by atoms with Crippen LogP contribution in [-0.2, 0) is 20.4 Å². The van der Waals surface area contributed by atoms with Gasteiger partial charge in [-0.15, -0.1) is 0 Å². The first-order valence-electron chi connectivity index (χ1n) is 6.66. The fourth-order valence-electron chi connectivity index (χ4n) is 2.22. The van der Waals surface area contributed by atoms with Crippen molar-refractivity contribution < 1.29 is 18.0 Å². The van der Waals surface area contributed by atoms with E-state index < -0.39 is 21.5 Å². The Morgan fingerprint density at radius 2 is 2.05 bits per heavy atom. The molecule has 1 aromatic rings. The van der Waals surface area contributed by atoms with Crippen LogP contribution in [0.1, 0.15) is 28.8 Å². The molecule has 1 saturated carbocycles. The van der Waals surface area contributed by atoms with Gasteiger partial charge in [0.2, 0.25) is 0 Å². The van der Waals surface area contributed by atoms with Gasteiger partial charge in [0.05, 0.1) is 11.8 Å². The van der Waals surface area contributed by atoms with Crippen LogP contribution in [-0.4, -0.2) is 26.2 Å². The molecule has 1 aliphatic rings. The monoisotopic (exact) mass is 383 g/mol. The number of hydrogen-bond acceptors (Lipinski definition) is 5. The van der Waals surface area contributed by atoms with Gasteiger partial charge in [0.15, 0.2) is 27.3 Å². The van der Waals surface area contributed by atoms with E-state index in [0.29, 0.717) is 22.9 Å². The van der Waals surface area contributed by atoms with Gasteiger partial charge in [-0.05, 0) is 36.6 Å². The molecule has 2 rings (SSSR count).